The summed E-state index contributed by atoms with van der Waals surface area (Å²) < 4.78 is 12.2. The highest BCUT2D eigenvalue weighted by Gasteiger charge is 2.15. The van der Waals surface area contributed by atoms with Gasteiger partial charge in [0, 0.05) is 25.3 Å². The predicted octanol–water partition coefficient (Wildman–Crippen LogP) is 2.22. The molecule has 1 atom stereocenters. The molecule has 8 heteroatoms. The summed E-state index contributed by atoms with van der Waals surface area (Å²) in [7, 11) is 3.25. The number of rotatable bonds is 9. The van der Waals surface area contributed by atoms with Crippen molar-refractivity contribution in [1.82, 2.24) is 20.1 Å². The van der Waals surface area contributed by atoms with E-state index < -0.39 is 0 Å². The molecular weight excluding hydrogens is 340 g/mol. The number of nitrogens with zero attached hydrogens (tertiary/aromatic N) is 3. The topological polar surface area (TPSA) is 78.3 Å². The van der Waals surface area contributed by atoms with E-state index >= 15 is 0 Å². The number of thioether (sulfide) groups is 1. The van der Waals surface area contributed by atoms with Crippen LogP contribution >= 0.6 is 11.8 Å². The quantitative estimate of drug-likeness (QED) is 0.688. The van der Waals surface area contributed by atoms with Crippen LogP contribution in [0.15, 0.2) is 29.4 Å². The molecule has 1 N–H and O–H groups in total. The number of nitrogens with one attached hydrogen (secondary N) is 1. The van der Waals surface area contributed by atoms with Gasteiger partial charge in [0.1, 0.15) is 5.75 Å². The average molecular weight is 364 g/mol. The van der Waals surface area contributed by atoms with Gasteiger partial charge in [0.05, 0.1) is 19.5 Å². The molecular formula is C17H24N4O3S. The fourth-order valence-corrected chi connectivity index (χ4v) is 3.19. The lowest BCUT2D eigenvalue weighted by atomic mass is 10.2. The maximum Gasteiger partial charge on any atom is 0.230 e. The average Bonchev–Trinajstić information content (AvgIpc) is 3.03. The lowest BCUT2D eigenvalue weighted by Gasteiger charge is -2.12. The number of carbonyl (C=O) groups excluding carboxylic acids is 1. The van der Waals surface area contributed by atoms with Crippen molar-refractivity contribution >= 4 is 17.7 Å². The summed E-state index contributed by atoms with van der Waals surface area (Å²) in [6.45, 7) is 5.14. The number of ether oxygens (including phenoxy) is 2. The van der Waals surface area contributed by atoms with Crippen LogP contribution in [0.1, 0.15) is 13.8 Å². The van der Waals surface area contributed by atoms with Gasteiger partial charge in [-0.1, -0.05) is 11.8 Å². The van der Waals surface area contributed by atoms with Crippen molar-refractivity contribution in [1.29, 1.82) is 0 Å². The monoisotopic (exact) mass is 364 g/mol. The van der Waals surface area contributed by atoms with Gasteiger partial charge in [0.25, 0.3) is 0 Å². The minimum atomic E-state index is -0.0498. The summed E-state index contributed by atoms with van der Waals surface area (Å²) in [4.78, 5) is 12.0. The largest absolute Gasteiger partial charge is 0.497 e. The third kappa shape index (κ3) is 5.20. The maximum atomic E-state index is 12.0. The van der Waals surface area contributed by atoms with Crippen molar-refractivity contribution in [2.45, 2.75) is 31.6 Å². The molecule has 1 aromatic heterocycles. The molecule has 7 nitrogen and oxygen atoms in total. The van der Waals surface area contributed by atoms with Gasteiger partial charge in [-0.05, 0) is 38.1 Å². The number of benzene rings is 1. The second-order valence-electron chi connectivity index (χ2n) is 5.49. The first-order valence-electron chi connectivity index (χ1n) is 8.07. The summed E-state index contributed by atoms with van der Waals surface area (Å²) >= 11 is 1.37. The standard InChI is InChI=1S/C17H24N4O3S/c1-5-21-16(13-6-8-14(24-4)9-7-13)19-20-17(21)25-11-15(22)18-12(2)10-23-3/h6-9,12H,5,10-11H2,1-4H3,(H,18,22)/t12-/m1/s1. The Hall–Kier alpha value is -2.06. The summed E-state index contributed by atoms with van der Waals surface area (Å²) in [5.74, 6) is 1.81. The fourth-order valence-electron chi connectivity index (χ4n) is 2.37. The van der Waals surface area contributed by atoms with Crippen LogP contribution in [0.5, 0.6) is 5.75 Å². The van der Waals surface area contributed by atoms with Gasteiger partial charge < -0.3 is 19.4 Å². The second-order valence-corrected chi connectivity index (χ2v) is 6.43. The van der Waals surface area contributed by atoms with Crippen molar-refractivity contribution in [2.24, 2.45) is 0 Å². The number of hydrogen-bond acceptors (Lipinski definition) is 6. The first kappa shape index (κ1) is 19.3. The first-order valence-corrected chi connectivity index (χ1v) is 9.06. The molecule has 0 radical (unpaired) electrons. The summed E-state index contributed by atoms with van der Waals surface area (Å²) in [5.41, 5.74) is 0.958. The van der Waals surface area contributed by atoms with E-state index in [-0.39, 0.29) is 17.7 Å². The zero-order valence-electron chi connectivity index (χ0n) is 15.0. The number of hydrogen-bond donors (Lipinski definition) is 1. The smallest absolute Gasteiger partial charge is 0.230 e. The van der Waals surface area contributed by atoms with E-state index in [1.54, 1.807) is 14.2 Å². The van der Waals surface area contributed by atoms with Crippen molar-refractivity contribution in [3.8, 4) is 17.1 Å². The van der Waals surface area contributed by atoms with Crippen molar-refractivity contribution < 1.29 is 14.3 Å². The SMILES string of the molecule is CCn1c(SCC(=O)N[C@H](C)COC)nnc1-c1ccc(OC)cc1. The van der Waals surface area contributed by atoms with E-state index in [1.807, 2.05) is 42.7 Å². The minimum Gasteiger partial charge on any atom is -0.497 e. The van der Waals surface area contributed by atoms with E-state index in [0.29, 0.717) is 6.61 Å². The first-order chi connectivity index (χ1) is 12.1. The molecule has 1 heterocycles. The van der Waals surface area contributed by atoms with Gasteiger partial charge in [-0.25, -0.2) is 0 Å². The molecule has 0 saturated carbocycles. The van der Waals surface area contributed by atoms with Gasteiger partial charge in [-0.3, -0.25) is 4.79 Å². The maximum absolute atomic E-state index is 12.0. The molecule has 0 saturated heterocycles. The summed E-state index contributed by atoms with van der Waals surface area (Å²) in [6.07, 6.45) is 0. The third-order valence-electron chi connectivity index (χ3n) is 3.54. The highest BCUT2D eigenvalue weighted by molar-refractivity contribution is 7.99. The Kier molecular flexibility index (Phi) is 7.27. The van der Waals surface area contributed by atoms with Crippen LogP contribution in [-0.2, 0) is 16.1 Å². The lowest BCUT2D eigenvalue weighted by molar-refractivity contribution is -0.119. The van der Waals surface area contributed by atoms with Crippen molar-refractivity contribution in [3.63, 3.8) is 0 Å². The van der Waals surface area contributed by atoms with Crippen LogP contribution in [0.2, 0.25) is 0 Å². The minimum absolute atomic E-state index is 0.0167. The number of amides is 1. The Labute approximate surface area is 152 Å². The Bertz CT molecular complexity index is 688. The molecule has 25 heavy (non-hydrogen) atoms. The van der Waals surface area contributed by atoms with Gasteiger partial charge in [-0.2, -0.15) is 0 Å². The third-order valence-corrected chi connectivity index (χ3v) is 4.50. The van der Waals surface area contributed by atoms with E-state index in [0.717, 1.165) is 28.8 Å². The zero-order chi connectivity index (χ0) is 18.2. The summed E-state index contributed by atoms with van der Waals surface area (Å²) in [6, 6.07) is 7.66. The van der Waals surface area contributed by atoms with Crippen molar-refractivity contribution in [3.05, 3.63) is 24.3 Å². The normalized spacial score (nSPS) is 12.0. The predicted molar refractivity (Wildman–Crippen MR) is 97.9 cm³/mol. The van der Waals surface area contributed by atoms with Gasteiger partial charge in [0.2, 0.25) is 5.91 Å². The zero-order valence-corrected chi connectivity index (χ0v) is 15.8. The second kappa shape index (κ2) is 9.43. The van der Waals surface area contributed by atoms with E-state index in [2.05, 4.69) is 15.5 Å². The Morgan fingerprint density at radius 1 is 1.28 bits per heavy atom. The van der Waals surface area contributed by atoms with E-state index in [1.165, 1.54) is 11.8 Å². The molecule has 1 amide bonds. The van der Waals surface area contributed by atoms with E-state index in [9.17, 15) is 4.79 Å². The van der Waals surface area contributed by atoms with Crippen LogP contribution in [0.3, 0.4) is 0 Å². The highest BCUT2D eigenvalue weighted by atomic mass is 32.2. The molecule has 2 rings (SSSR count). The molecule has 0 unspecified atom stereocenters. The number of aromatic nitrogens is 3. The molecule has 0 spiro atoms. The molecule has 0 bridgehead atoms. The van der Waals surface area contributed by atoms with Gasteiger partial charge >= 0.3 is 0 Å². The van der Waals surface area contributed by atoms with Crippen LogP contribution in [0.25, 0.3) is 11.4 Å². The van der Waals surface area contributed by atoms with Gasteiger partial charge in [0.15, 0.2) is 11.0 Å². The van der Waals surface area contributed by atoms with Crippen molar-refractivity contribution in [2.75, 3.05) is 26.6 Å². The Balaban J connectivity index is 2.05. The fraction of sp³-hybridized carbons (Fsp3) is 0.471. The molecule has 136 valence electrons. The molecule has 0 aliphatic heterocycles. The Morgan fingerprint density at radius 3 is 2.60 bits per heavy atom. The highest BCUT2D eigenvalue weighted by Crippen LogP contribution is 2.25. The van der Waals surface area contributed by atoms with Crippen LogP contribution in [0, 0.1) is 0 Å². The van der Waals surface area contributed by atoms with Crippen LogP contribution < -0.4 is 10.1 Å². The lowest BCUT2D eigenvalue weighted by Crippen LogP contribution is -2.36. The van der Waals surface area contributed by atoms with Gasteiger partial charge in [-0.15, -0.1) is 10.2 Å². The Morgan fingerprint density at radius 2 is 2.00 bits per heavy atom. The number of methoxy groups -OCH3 is 2. The molecule has 2 aromatic rings. The molecule has 0 aliphatic rings. The molecule has 0 aliphatic carbocycles. The van der Waals surface area contributed by atoms with Crippen LogP contribution in [0.4, 0.5) is 0 Å². The van der Waals surface area contributed by atoms with Crippen LogP contribution in [-0.4, -0.2) is 53.3 Å². The molecule has 1 aromatic carbocycles. The number of carbonyl (C=O) groups is 1. The molecule has 0 fully saturated rings. The van der Waals surface area contributed by atoms with E-state index in [4.69, 9.17) is 9.47 Å². The summed E-state index contributed by atoms with van der Waals surface area (Å²) in [5, 5.41) is 12.1.